The summed E-state index contributed by atoms with van der Waals surface area (Å²) in [6.07, 6.45) is 12.3. The molecular weight excluding hydrogens is 352 g/mol. The largest absolute Gasteiger partial charge is 0.375 e. The second-order valence-corrected chi connectivity index (χ2v) is 9.57. The molecule has 3 heterocycles. The number of fused-ring (bicyclic) bond motifs is 3. The normalized spacial score (nSPS) is 20.0. The van der Waals surface area contributed by atoms with E-state index >= 15 is 0 Å². The maximum Gasteiger partial charge on any atom is 0.141 e. The number of aryl methyl sites for hydroxylation is 2. The smallest absolute Gasteiger partial charge is 0.141 e. The van der Waals surface area contributed by atoms with Crippen molar-refractivity contribution >= 4 is 27.4 Å². The first-order valence-electron chi connectivity index (χ1n) is 10.7. The van der Waals surface area contributed by atoms with Crippen LogP contribution < -0.4 is 4.90 Å². The lowest BCUT2D eigenvalue weighted by atomic mass is 9.97. The van der Waals surface area contributed by atoms with Crippen LogP contribution in [0.3, 0.4) is 0 Å². The lowest BCUT2D eigenvalue weighted by Crippen LogP contribution is -2.30. The molecule has 2 fully saturated rings. The third-order valence-electron chi connectivity index (χ3n) is 6.44. The fourth-order valence-electron chi connectivity index (χ4n) is 4.65. The Balaban J connectivity index is 1.52. The molecular formula is C22H30N4S. The molecule has 0 N–H and O–H groups in total. The standard InChI is InChI=1S/C22H30N4S/c1-15(26-12-6-3-7-13-26)14-19-23-21(25(2)16-10-11-16)20-17-8-4-5-9-18(17)27-22(20)24-19/h16H,1,3-14H2,2H3. The van der Waals surface area contributed by atoms with Gasteiger partial charge in [0.15, 0.2) is 0 Å². The van der Waals surface area contributed by atoms with Gasteiger partial charge in [-0.15, -0.1) is 11.3 Å². The van der Waals surface area contributed by atoms with Crippen LogP contribution in [0.15, 0.2) is 12.3 Å². The third kappa shape index (κ3) is 3.35. The summed E-state index contributed by atoms with van der Waals surface area (Å²) in [6, 6.07) is 0.667. The topological polar surface area (TPSA) is 32.3 Å². The van der Waals surface area contributed by atoms with E-state index in [1.165, 1.54) is 79.5 Å². The average molecular weight is 383 g/mol. The second kappa shape index (κ2) is 7.08. The summed E-state index contributed by atoms with van der Waals surface area (Å²) < 4.78 is 0. The second-order valence-electron chi connectivity index (χ2n) is 8.49. The van der Waals surface area contributed by atoms with Crippen LogP contribution in [0.2, 0.25) is 0 Å². The van der Waals surface area contributed by atoms with E-state index in [0.717, 1.165) is 25.3 Å². The van der Waals surface area contributed by atoms with Gasteiger partial charge in [0.2, 0.25) is 0 Å². The molecule has 144 valence electrons. The molecule has 5 heteroatoms. The summed E-state index contributed by atoms with van der Waals surface area (Å²) >= 11 is 1.92. The van der Waals surface area contributed by atoms with Crippen LogP contribution in [0.1, 0.15) is 61.2 Å². The fraction of sp³-hybridized carbons (Fsp3) is 0.636. The number of anilines is 1. The molecule has 1 saturated carbocycles. The Bertz CT molecular complexity index is 861. The van der Waals surface area contributed by atoms with E-state index in [2.05, 4.69) is 23.4 Å². The number of allylic oxidation sites excluding steroid dienone is 1. The van der Waals surface area contributed by atoms with Crippen LogP contribution >= 0.6 is 11.3 Å². The van der Waals surface area contributed by atoms with E-state index in [4.69, 9.17) is 9.97 Å². The first-order chi connectivity index (χ1) is 13.2. The molecule has 0 spiro atoms. The van der Waals surface area contributed by atoms with Crippen LogP contribution in [0.5, 0.6) is 0 Å². The van der Waals surface area contributed by atoms with Gasteiger partial charge in [-0.2, -0.15) is 0 Å². The summed E-state index contributed by atoms with van der Waals surface area (Å²) in [6.45, 7) is 6.66. The van der Waals surface area contributed by atoms with Crippen molar-refractivity contribution in [1.29, 1.82) is 0 Å². The lowest BCUT2D eigenvalue weighted by molar-refractivity contribution is 0.280. The highest BCUT2D eigenvalue weighted by molar-refractivity contribution is 7.19. The number of aromatic nitrogens is 2. The predicted molar refractivity (Wildman–Crippen MR) is 114 cm³/mol. The van der Waals surface area contributed by atoms with Crippen molar-refractivity contribution in [2.75, 3.05) is 25.0 Å². The molecule has 0 aromatic carbocycles. The number of thiophene rings is 1. The van der Waals surface area contributed by atoms with Gasteiger partial charge in [0.1, 0.15) is 16.5 Å². The lowest BCUT2D eigenvalue weighted by Gasteiger charge is -2.30. The van der Waals surface area contributed by atoms with Crippen LogP contribution in [-0.4, -0.2) is 41.0 Å². The molecule has 0 radical (unpaired) electrons. The number of piperidine rings is 1. The first-order valence-corrected chi connectivity index (χ1v) is 11.5. The van der Waals surface area contributed by atoms with Gasteiger partial charge in [-0.25, -0.2) is 9.97 Å². The fourth-order valence-corrected chi connectivity index (χ4v) is 5.93. The van der Waals surface area contributed by atoms with Gasteiger partial charge >= 0.3 is 0 Å². The van der Waals surface area contributed by atoms with Gasteiger partial charge < -0.3 is 9.80 Å². The zero-order chi connectivity index (χ0) is 18.4. The summed E-state index contributed by atoms with van der Waals surface area (Å²) in [5.74, 6) is 2.14. The summed E-state index contributed by atoms with van der Waals surface area (Å²) in [5, 5.41) is 1.36. The molecule has 2 aromatic heterocycles. The van der Waals surface area contributed by atoms with E-state index in [-0.39, 0.29) is 0 Å². The quantitative estimate of drug-likeness (QED) is 0.749. The first kappa shape index (κ1) is 17.5. The van der Waals surface area contributed by atoms with Gasteiger partial charge in [-0.05, 0) is 63.4 Å². The van der Waals surface area contributed by atoms with Crippen molar-refractivity contribution in [3.05, 3.63) is 28.5 Å². The Morgan fingerprint density at radius 3 is 2.67 bits per heavy atom. The van der Waals surface area contributed by atoms with Gasteiger partial charge in [0.25, 0.3) is 0 Å². The monoisotopic (exact) mass is 382 g/mol. The van der Waals surface area contributed by atoms with Gasteiger partial charge in [0.05, 0.1) is 5.39 Å². The zero-order valence-electron chi connectivity index (χ0n) is 16.5. The minimum absolute atomic E-state index is 0.667. The zero-order valence-corrected chi connectivity index (χ0v) is 17.3. The minimum atomic E-state index is 0.667. The highest BCUT2D eigenvalue weighted by Crippen LogP contribution is 2.41. The van der Waals surface area contributed by atoms with Gasteiger partial charge in [-0.1, -0.05) is 6.58 Å². The highest BCUT2D eigenvalue weighted by Gasteiger charge is 2.31. The molecule has 1 aliphatic heterocycles. The molecule has 3 aliphatic rings. The van der Waals surface area contributed by atoms with Crippen molar-refractivity contribution in [2.24, 2.45) is 0 Å². The summed E-state index contributed by atoms with van der Waals surface area (Å²) in [4.78, 5) is 17.8. The van der Waals surface area contributed by atoms with Crippen LogP contribution in [-0.2, 0) is 19.3 Å². The number of hydrogen-bond donors (Lipinski definition) is 0. The molecule has 0 atom stereocenters. The average Bonchev–Trinajstić information content (AvgIpc) is 3.48. The Hall–Kier alpha value is -1.62. The number of hydrogen-bond acceptors (Lipinski definition) is 5. The van der Waals surface area contributed by atoms with E-state index in [1.807, 2.05) is 11.3 Å². The molecule has 0 unspecified atom stereocenters. The summed E-state index contributed by atoms with van der Waals surface area (Å²) in [5.41, 5.74) is 2.74. The maximum atomic E-state index is 5.11. The van der Waals surface area contributed by atoms with Crippen molar-refractivity contribution in [3.8, 4) is 0 Å². The Kier molecular flexibility index (Phi) is 4.58. The molecule has 5 rings (SSSR count). The molecule has 2 aromatic rings. The molecule has 2 aliphatic carbocycles. The van der Waals surface area contributed by atoms with Crippen LogP contribution in [0, 0.1) is 0 Å². The Labute approximate surface area is 166 Å². The van der Waals surface area contributed by atoms with Crippen molar-refractivity contribution in [3.63, 3.8) is 0 Å². The van der Waals surface area contributed by atoms with E-state index in [0.29, 0.717) is 6.04 Å². The number of likely N-dealkylation sites (tertiary alicyclic amines) is 1. The van der Waals surface area contributed by atoms with Gasteiger partial charge in [0, 0.05) is 43.2 Å². The SMILES string of the molecule is C=C(Cc1nc(N(C)C2CC2)c2c3c(sc2n1)CCCC3)N1CCCCC1. The van der Waals surface area contributed by atoms with Crippen molar-refractivity contribution < 1.29 is 0 Å². The van der Waals surface area contributed by atoms with Crippen molar-refractivity contribution in [1.82, 2.24) is 14.9 Å². The highest BCUT2D eigenvalue weighted by atomic mass is 32.1. The molecule has 1 saturated heterocycles. The van der Waals surface area contributed by atoms with Crippen LogP contribution in [0.25, 0.3) is 10.2 Å². The molecule has 0 bridgehead atoms. The van der Waals surface area contributed by atoms with E-state index < -0.39 is 0 Å². The van der Waals surface area contributed by atoms with E-state index in [9.17, 15) is 0 Å². The maximum absolute atomic E-state index is 5.11. The number of rotatable bonds is 5. The molecule has 4 nitrogen and oxygen atoms in total. The summed E-state index contributed by atoms with van der Waals surface area (Å²) in [7, 11) is 2.23. The molecule has 27 heavy (non-hydrogen) atoms. The van der Waals surface area contributed by atoms with E-state index in [1.54, 1.807) is 10.4 Å². The van der Waals surface area contributed by atoms with Crippen molar-refractivity contribution in [2.45, 2.75) is 70.3 Å². The minimum Gasteiger partial charge on any atom is -0.375 e. The van der Waals surface area contributed by atoms with Crippen LogP contribution in [0.4, 0.5) is 5.82 Å². The Morgan fingerprint density at radius 1 is 1.11 bits per heavy atom. The Morgan fingerprint density at radius 2 is 1.89 bits per heavy atom. The van der Waals surface area contributed by atoms with Gasteiger partial charge in [-0.3, -0.25) is 0 Å². The molecule has 0 amide bonds. The number of nitrogens with zero attached hydrogens (tertiary/aromatic N) is 4. The predicted octanol–water partition coefficient (Wildman–Crippen LogP) is 4.71. The third-order valence-corrected chi connectivity index (χ3v) is 7.62.